The number of anilines is 1. The summed E-state index contributed by atoms with van der Waals surface area (Å²) in [6.45, 7) is 5.68. The van der Waals surface area contributed by atoms with Crippen LogP contribution in [0.15, 0.2) is 54.9 Å². The number of pyridine rings is 1. The smallest absolute Gasteiger partial charge is 0.133 e. The number of halogens is 2. The summed E-state index contributed by atoms with van der Waals surface area (Å²) >= 11 is 0. The first-order valence-electron chi connectivity index (χ1n) is 10.5. The molecular weight excluding hydrogens is 410 g/mol. The zero-order chi connectivity index (χ0) is 22.2. The van der Waals surface area contributed by atoms with E-state index in [9.17, 15) is 8.78 Å². The van der Waals surface area contributed by atoms with E-state index in [0.717, 1.165) is 33.9 Å². The first-order valence-corrected chi connectivity index (χ1v) is 10.5. The van der Waals surface area contributed by atoms with Crippen molar-refractivity contribution in [2.75, 3.05) is 24.6 Å². The number of fused-ring (bicyclic) bond motifs is 1. The summed E-state index contributed by atoms with van der Waals surface area (Å²) < 4.78 is 34.3. The maximum atomic E-state index is 14.7. The van der Waals surface area contributed by atoms with Gasteiger partial charge in [0, 0.05) is 53.9 Å². The molecule has 2 aromatic heterocycles. The zero-order valence-electron chi connectivity index (χ0n) is 17.8. The van der Waals surface area contributed by atoms with E-state index in [1.807, 2.05) is 38.1 Å². The second-order valence-electron chi connectivity index (χ2n) is 8.00. The summed E-state index contributed by atoms with van der Waals surface area (Å²) in [5.74, 6) is -0.592. The number of hydrogen-bond acceptors (Lipinski definition) is 5. The predicted molar refractivity (Wildman–Crippen MR) is 120 cm³/mol. The van der Waals surface area contributed by atoms with Crippen molar-refractivity contribution in [3.63, 3.8) is 0 Å². The fourth-order valence-electron chi connectivity index (χ4n) is 4.18. The molecule has 7 heteroatoms. The van der Waals surface area contributed by atoms with E-state index in [1.54, 1.807) is 12.4 Å². The predicted octanol–water partition coefficient (Wildman–Crippen LogP) is 5.16. The standard InChI is InChI=1S/C25H22F2N4O/c1-15-9-17(5-6-28-15)25-14-31(7-8-32-25)19-11-21(20-4-3-18(26)10-23(20)27)22-13-29-16(2)30-24(22)12-19/h3-6,9-13,25H,7-8,14H2,1-2H3. The molecule has 1 atom stereocenters. The van der Waals surface area contributed by atoms with Crippen LogP contribution in [0.5, 0.6) is 0 Å². The molecule has 0 bridgehead atoms. The fourth-order valence-corrected chi connectivity index (χ4v) is 4.18. The third kappa shape index (κ3) is 3.91. The van der Waals surface area contributed by atoms with Crippen molar-refractivity contribution in [3.8, 4) is 11.1 Å². The quantitative estimate of drug-likeness (QED) is 0.447. The second kappa shape index (κ2) is 8.24. The van der Waals surface area contributed by atoms with Gasteiger partial charge in [-0.1, -0.05) is 0 Å². The van der Waals surface area contributed by atoms with Gasteiger partial charge in [0.15, 0.2) is 0 Å². The van der Waals surface area contributed by atoms with Crippen LogP contribution in [0.3, 0.4) is 0 Å². The molecule has 0 aliphatic carbocycles. The van der Waals surface area contributed by atoms with Crippen LogP contribution in [0.4, 0.5) is 14.5 Å². The molecule has 162 valence electrons. The van der Waals surface area contributed by atoms with Crippen LogP contribution in [-0.2, 0) is 4.74 Å². The molecule has 3 heterocycles. The van der Waals surface area contributed by atoms with Gasteiger partial charge in [0.2, 0.25) is 0 Å². The third-order valence-corrected chi connectivity index (χ3v) is 5.75. The van der Waals surface area contributed by atoms with Crippen molar-refractivity contribution >= 4 is 16.6 Å². The van der Waals surface area contributed by atoms with E-state index >= 15 is 0 Å². The van der Waals surface area contributed by atoms with Crippen LogP contribution >= 0.6 is 0 Å². The van der Waals surface area contributed by atoms with E-state index in [1.165, 1.54) is 12.1 Å². The lowest BCUT2D eigenvalue weighted by Gasteiger charge is -2.35. The molecule has 0 amide bonds. The maximum absolute atomic E-state index is 14.7. The van der Waals surface area contributed by atoms with Crippen molar-refractivity contribution in [1.82, 2.24) is 15.0 Å². The van der Waals surface area contributed by atoms with Crippen molar-refractivity contribution < 1.29 is 13.5 Å². The SMILES string of the molecule is Cc1cc(C2CN(c3cc(-c4ccc(F)cc4F)c4cnc(C)nc4c3)CCO2)ccn1. The molecule has 0 saturated carbocycles. The van der Waals surface area contributed by atoms with Gasteiger partial charge < -0.3 is 9.64 Å². The average Bonchev–Trinajstić information content (AvgIpc) is 2.78. The number of aromatic nitrogens is 3. The monoisotopic (exact) mass is 432 g/mol. The Labute approximate surface area is 184 Å². The lowest BCUT2D eigenvalue weighted by molar-refractivity contribution is 0.0397. The highest BCUT2D eigenvalue weighted by atomic mass is 19.1. The van der Waals surface area contributed by atoms with Crippen molar-refractivity contribution in [2.45, 2.75) is 20.0 Å². The Morgan fingerprint density at radius 1 is 1.00 bits per heavy atom. The summed E-state index contributed by atoms with van der Waals surface area (Å²) in [4.78, 5) is 15.4. The molecule has 2 aromatic carbocycles. The van der Waals surface area contributed by atoms with Gasteiger partial charge in [0.1, 0.15) is 23.6 Å². The maximum Gasteiger partial charge on any atom is 0.133 e. The summed E-state index contributed by atoms with van der Waals surface area (Å²) in [5.41, 5.74) is 4.60. The number of ether oxygens (including phenoxy) is 1. The van der Waals surface area contributed by atoms with E-state index in [4.69, 9.17) is 4.74 Å². The highest BCUT2D eigenvalue weighted by Crippen LogP contribution is 2.36. The average molecular weight is 432 g/mol. The number of hydrogen-bond donors (Lipinski definition) is 0. The Kier molecular flexibility index (Phi) is 5.27. The summed E-state index contributed by atoms with van der Waals surface area (Å²) in [6, 6.07) is 11.6. The van der Waals surface area contributed by atoms with Gasteiger partial charge in [-0.15, -0.1) is 0 Å². The molecule has 4 aromatic rings. The molecule has 0 radical (unpaired) electrons. The van der Waals surface area contributed by atoms with Crippen molar-refractivity contribution in [2.24, 2.45) is 0 Å². The van der Waals surface area contributed by atoms with Crippen LogP contribution in [0.25, 0.3) is 22.0 Å². The number of aryl methyl sites for hydroxylation is 2. The number of morpholine rings is 1. The number of nitrogens with zero attached hydrogens (tertiary/aromatic N) is 4. The van der Waals surface area contributed by atoms with E-state index in [0.29, 0.717) is 36.6 Å². The Morgan fingerprint density at radius 3 is 2.69 bits per heavy atom. The molecule has 1 unspecified atom stereocenters. The molecule has 0 spiro atoms. The van der Waals surface area contributed by atoms with Crippen LogP contribution in [-0.4, -0.2) is 34.6 Å². The van der Waals surface area contributed by atoms with Gasteiger partial charge in [-0.25, -0.2) is 18.7 Å². The van der Waals surface area contributed by atoms with Crippen molar-refractivity contribution in [3.05, 3.63) is 83.6 Å². The first-order chi connectivity index (χ1) is 15.5. The van der Waals surface area contributed by atoms with E-state index < -0.39 is 11.6 Å². The zero-order valence-corrected chi connectivity index (χ0v) is 17.8. The molecule has 5 rings (SSSR count). The topological polar surface area (TPSA) is 51.1 Å². The van der Waals surface area contributed by atoms with Crippen LogP contribution in [0.1, 0.15) is 23.2 Å². The largest absolute Gasteiger partial charge is 0.370 e. The Bertz CT molecular complexity index is 1310. The molecule has 0 N–H and O–H groups in total. The highest BCUT2D eigenvalue weighted by molar-refractivity contribution is 5.97. The Balaban J connectivity index is 1.59. The Hall–Kier alpha value is -3.45. The van der Waals surface area contributed by atoms with Crippen molar-refractivity contribution in [1.29, 1.82) is 0 Å². The fraction of sp³-hybridized carbons (Fsp3) is 0.240. The minimum Gasteiger partial charge on any atom is -0.370 e. The van der Waals surface area contributed by atoms with E-state index in [-0.39, 0.29) is 6.10 Å². The first kappa shape index (κ1) is 20.5. The lowest BCUT2D eigenvalue weighted by Crippen LogP contribution is -2.38. The summed E-state index contributed by atoms with van der Waals surface area (Å²) in [7, 11) is 0. The lowest BCUT2D eigenvalue weighted by atomic mass is 9.99. The van der Waals surface area contributed by atoms with Crippen LogP contribution in [0, 0.1) is 25.5 Å². The van der Waals surface area contributed by atoms with Crippen LogP contribution in [0.2, 0.25) is 0 Å². The molecule has 1 aliphatic rings. The molecule has 1 saturated heterocycles. The highest BCUT2D eigenvalue weighted by Gasteiger charge is 2.24. The molecular formula is C25H22F2N4O. The van der Waals surface area contributed by atoms with Gasteiger partial charge in [-0.2, -0.15) is 0 Å². The summed E-state index contributed by atoms with van der Waals surface area (Å²) in [6.07, 6.45) is 3.39. The van der Waals surface area contributed by atoms with Crippen LogP contribution < -0.4 is 4.90 Å². The van der Waals surface area contributed by atoms with Gasteiger partial charge >= 0.3 is 0 Å². The van der Waals surface area contributed by atoms with Gasteiger partial charge in [0.25, 0.3) is 0 Å². The van der Waals surface area contributed by atoms with Gasteiger partial charge in [0.05, 0.1) is 12.1 Å². The van der Waals surface area contributed by atoms with Gasteiger partial charge in [-0.05, 0) is 61.4 Å². The van der Waals surface area contributed by atoms with Gasteiger partial charge in [-0.3, -0.25) is 4.98 Å². The normalized spacial score (nSPS) is 16.5. The Morgan fingerprint density at radius 2 is 1.88 bits per heavy atom. The number of rotatable bonds is 3. The summed E-state index contributed by atoms with van der Waals surface area (Å²) in [5, 5.41) is 0.722. The molecule has 5 nitrogen and oxygen atoms in total. The minimum atomic E-state index is -0.615. The van der Waals surface area contributed by atoms with E-state index in [2.05, 4.69) is 19.9 Å². The third-order valence-electron chi connectivity index (χ3n) is 5.75. The minimum absolute atomic E-state index is 0.0979. The molecule has 32 heavy (non-hydrogen) atoms. The molecule has 1 fully saturated rings. The number of benzene rings is 2. The second-order valence-corrected chi connectivity index (χ2v) is 8.00. The molecule has 1 aliphatic heterocycles.